The molecule has 0 saturated heterocycles. The Morgan fingerprint density at radius 2 is 1.67 bits per heavy atom. The van der Waals surface area contributed by atoms with Crippen LogP contribution in [0.1, 0.15) is 11.6 Å². The van der Waals surface area contributed by atoms with E-state index in [4.69, 9.17) is 10.8 Å². The van der Waals surface area contributed by atoms with Gasteiger partial charge in [-0.1, -0.05) is 18.2 Å². The number of alkyl halides is 6. The molecule has 1 aromatic rings. The van der Waals surface area contributed by atoms with Crippen molar-refractivity contribution in [2.45, 2.75) is 24.5 Å². The summed E-state index contributed by atoms with van der Waals surface area (Å²) < 4.78 is 79.9. The van der Waals surface area contributed by atoms with Crippen molar-refractivity contribution in [2.24, 2.45) is 5.73 Å². The molecule has 0 spiro atoms. The van der Waals surface area contributed by atoms with E-state index < -0.39 is 42.4 Å². The highest BCUT2D eigenvalue weighted by Gasteiger charge is 2.46. The predicted molar refractivity (Wildman–Crippen MR) is 64.2 cm³/mol. The lowest BCUT2D eigenvalue weighted by atomic mass is 10.0. The first-order valence-corrected chi connectivity index (χ1v) is 5.30. The summed E-state index contributed by atoms with van der Waals surface area (Å²) in [6, 6.07) is 1.86. The monoisotopic (exact) mass is 339 g/mol. The van der Waals surface area contributed by atoms with E-state index in [1.807, 2.05) is 0 Å². The van der Waals surface area contributed by atoms with Gasteiger partial charge < -0.3 is 15.6 Å². The Kier molecular flexibility index (Phi) is 6.78. The average Bonchev–Trinajstić information content (AvgIpc) is 2.38. The van der Waals surface area contributed by atoms with Crippen LogP contribution in [0.5, 0.6) is 5.75 Å². The largest absolute Gasteiger partial charge is 0.461 e. The van der Waals surface area contributed by atoms with Crippen molar-refractivity contribution < 1.29 is 36.2 Å². The SMILES string of the molecule is Cl.N[C@@H](c1ccccc1OC(F)(F)C(F)F)C(F)(F)CO. The fourth-order valence-electron chi connectivity index (χ4n) is 1.35. The molecule has 21 heavy (non-hydrogen) atoms. The van der Waals surface area contributed by atoms with Crippen LogP contribution >= 0.6 is 12.4 Å². The Morgan fingerprint density at radius 1 is 1.14 bits per heavy atom. The van der Waals surface area contributed by atoms with Crippen molar-refractivity contribution in [1.29, 1.82) is 0 Å². The van der Waals surface area contributed by atoms with Gasteiger partial charge >= 0.3 is 12.5 Å². The molecule has 0 aliphatic carbocycles. The number of halogens is 7. The number of para-hydroxylation sites is 1. The zero-order valence-electron chi connectivity index (χ0n) is 10.3. The lowest BCUT2D eigenvalue weighted by Crippen LogP contribution is -2.38. The first kappa shape index (κ1) is 19.8. The molecule has 3 nitrogen and oxygen atoms in total. The fourth-order valence-corrected chi connectivity index (χ4v) is 1.35. The number of hydrogen-bond acceptors (Lipinski definition) is 3. The molecular weight excluding hydrogens is 328 g/mol. The Bertz CT molecular complexity index is 460. The summed E-state index contributed by atoms with van der Waals surface area (Å²) in [4.78, 5) is 0. The van der Waals surface area contributed by atoms with Crippen molar-refractivity contribution in [3.8, 4) is 5.75 Å². The Morgan fingerprint density at radius 3 is 2.14 bits per heavy atom. The van der Waals surface area contributed by atoms with E-state index in [0.29, 0.717) is 0 Å². The van der Waals surface area contributed by atoms with Gasteiger partial charge in [-0.15, -0.1) is 12.4 Å². The van der Waals surface area contributed by atoms with Crippen molar-refractivity contribution >= 4 is 12.4 Å². The first-order valence-electron chi connectivity index (χ1n) is 5.30. The molecule has 0 aromatic heterocycles. The van der Waals surface area contributed by atoms with Gasteiger partial charge in [0, 0.05) is 5.56 Å². The molecule has 0 heterocycles. The minimum Gasteiger partial charge on any atom is -0.428 e. The van der Waals surface area contributed by atoms with Gasteiger partial charge in [-0.2, -0.15) is 17.6 Å². The second-order valence-corrected chi connectivity index (χ2v) is 3.90. The molecule has 1 rings (SSSR count). The zero-order chi connectivity index (χ0) is 15.6. The van der Waals surface area contributed by atoms with Gasteiger partial charge in [0.25, 0.3) is 5.92 Å². The third-order valence-corrected chi connectivity index (χ3v) is 2.42. The van der Waals surface area contributed by atoms with Crippen molar-refractivity contribution in [2.75, 3.05) is 6.61 Å². The van der Waals surface area contributed by atoms with Crippen LogP contribution in [-0.4, -0.2) is 30.2 Å². The highest BCUT2D eigenvalue weighted by atomic mass is 35.5. The predicted octanol–water partition coefficient (Wildman–Crippen LogP) is 2.97. The number of rotatable bonds is 6. The molecule has 122 valence electrons. The topological polar surface area (TPSA) is 55.5 Å². The second-order valence-electron chi connectivity index (χ2n) is 3.90. The minimum absolute atomic E-state index is 0. The molecule has 3 N–H and O–H groups in total. The average molecular weight is 340 g/mol. The molecule has 0 fully saturated rings. The van der Waals surface area contributed by atoms with Crippen LogP contribution < -0.4 is 10.5 Å². The van der Waals surface area contributed by atoms with Gasteiger partial charge in [0.1, 0.15) is 18.4 Å². The maximum Gasteiger partial charge on any atom is 0.461 e. The maximum absolute atomic E-state index is 13.2. The summed E-state index contributed by atoms with van der Waals surface area (Å²) in [5.41, 5.74) is 4.54. The van der Waals surface area contributed by atoms with E-state index in [2.05, 4.69) is 4.74 Å². The summed E-state index contributed by atoms with van der Waals surface area (Å²) in [7, 11) is 0. The van der Waals surface area contributed by atoms with Crippen LogP contribution in [0.2, 0.25) is 0 Å². The van der Waals surface area contributed by atoms with Gasteiger partial charge in [0.2, 0.25) is 0 Å². The number of hydrogen-bond donors (Lipinski definition) is 2. The van der Waals surface area contributed by atoms with Crippen LogP contribution in [0.3, 0.4) is 0 Å². The molecule has 0 saturated carbocycles. The smallest absolute Gasteiger partial charge is 0.428 e. The molecule has 0 unspecified atom stereocenters. The molecular formula is C11H12ClF6NO2. The van der Waals surface area contributed by atoms with Crippen molar-refractivity contribution in [1.82, 2.24) is 0 Å². The molecule has 0 radical (unpaired) electrons. The van der Waals surface area contributed by atoms with Gasteiger partial charge in [-0.3, -0.25) is 0 Å². The van der Waals surface area contributed by atoms with Crippen molar-refractivity contribution in [3.05, 3.63) is 29.8 Å². The third kappa shape index (κ3) is 4.65. The summed E-state index contributed by atoms with van der Waals surface area (Å²) in [5, 5.41) is 8.50. The quantitative estimate of drug-likeness (QED) is 0.783. The highest BCUT2D eigenvalue weighted by Crippen LogP contribution is 2.37. The van der Waals surface area contributed by atoms with E-state index in [1.165, 1.54) is 6.07 Å². The maximum atomic E-state index is 13.2. The van der Waals surface area contributed by atoms with E-state index in [-0.39, 0.29) is 12.4 Å². The Hall–Kier alpha value is -1.19. The summed E-state index contributed by atoms with van der Waals surface area (Å²) in [6.07, 6.45) is -8.98. The van der Waals surface area contributed by atoms with E-state index in [9.17, 15) is 26.3 Å². The van der Waals surface area contributed by atoms with Crippen LogP contribution in [0.25, 0.3) is 0 Å². The van der Waals surface area contributed by atoms with Crippen LogP contribution in [-0.2, 0) is 0 Å². The van der Waals surface area contributed by atoms with Gasteiger partial charge in [0.15, 0.2) is 0 Å². The molecule has 0 amide bonds. The molecule has 0 bridgehead atoms. The van der Waals surface area contributed by atoms with E-state index in [1.54, 1.807) is 0 Å². The number of aliphatic hydroxyl groups is 1. The fraction of sp³-hybridized carbons (Fsp3) is 0.455. The summed E-state index contributed by atoms with van der Waals surface area (Å²) in [6.45, 7) is -1.63. The number of benzene rings is 1. The van der Waals surface area contributed by atoms with E-state index in [0.717, 1.165) is 18.2 Å². The third-order valence-electron chi connectivity index (χ3n) is 2.42. The minimum atomic E-state index is -4.84. The molecule has 1 atom stereocenters. The molecule has 0 aliphatic heterocycles. The van der Waals surface area contributed by atoms with Gasteiger partial charge in [-0.05, 0) is 6.07 Å². The number of ether oxygens (including phenoxy) is 1. The molecule has 1 aromatic carbocycles. The number of nitrogens with two attached hydrogens (primary N) is 1. The second kappa shape index (κ2) is 7.19. The summed E-state index contributed by atoms with van der Waals surface area (Å²) in [5.74, 6) is -4.72. The highest BCUT2D eigenvalue weighted by molar-refractivity contribution is 5.85. The van der Waals surface area contributed by atoms with Crippen molar-refractivity contribution in [3.63, 3.8) is 0 Å². The molecule has 10 heteroatoms. The van der Waals surface area contributed by atoms with Crippen LogP contribution in [0.4, 0.5) is 26.3 Å². The first-order chi connectivity index (χ1) is 9.12. The Labute approximate surface area is 122 Å². The van der Waals surface area contributed by atoms with Gasteiger partial charge in [-0.25, -0.2) is 8.78 Å². The van der Waals surface area contributed by atoms with E-state index >= 15 is 0 Å². The number of aliphatic hydroxyl groups excluding tert-OH is 1. The standard InChI is InChI=1S/C11H11F6NO2.ClH/c12-9(13)11(16,17)20-7-4-2-1-3-6(7)8(18)10(14,15)5-19;/h1-4,8-9,19H,5,18H2;1H/t8-;/m0./s1. The lowest BCUT2D eigenvalue weighted by molar-refractivity contribution is -0.253. The zero-order valence-corrected chi connectivity index (χ0v) is 11.1. The van der Waals surface area contributed by atoms with Crippen LogP contribution in [0, 0.1) is 0 Å². The normalized spacial score (nSPS) is 13.8. The molecule has 0 aliphatic rings. The summed E-state index contributed by atoms with van der Waals surface area (Å²) >= 11 is 0. The Balaban J connectivity index is 0.00000400. The lowest BCUT2D eigenvalue weighted by Gasteiger charge is -2.25. The van der Waals surface area contributed by atoms with Gasteiger partial charge in [0.05, 0.1) is 0 Å². The van der Waals surface area contributed by atoms with Crippen LogP contribution in [0.15, 0.2) is 24.3 Å².